The second-order valence-corrected chi connectivity index (χ2v) is 7.78. The summed E-state index contributed by atoms with van der Waals surface area (Å²) >= 11 is 0. The molecule has 4 rings (SSSR count). The second-order valence-electron chi connectivity index (χ2n) is 7.78. The number of likely N-dealkylation sites (tertiary alicyclic amines) is 1. The molecule has 2 heterocycles. The van der Waals surface area contributed by atoms with E-state index in [2.05, 4.69) is 29.3 Å². The third kappa shape index (κ3) is 3.67. The van der Waals surface area contributed by atoms with E-state index in [1.54, 1.807) is 0 Å². The second kappa shape index (κ2) is 7.34. The summed E-state index contributed by atoms with van der Waals surface area (Å²) in [5, 5.41) is 3.07. The molecular weight excluding hydrogens is 314 g/mol. The van der Waals surface area contributed by atoms with Crippen LogP contribution in [0.25, 0.3) is 0 Å². The zero-order valence-electron chi connectivity index (χ0n) is 15.1. The number of carbonyl (C=O) groups excluding carboxylic acids is 1. The van der Waals surface area contributed by atoms with Crippen LogP contribution in [0.4, 0.5) is 10.5 Å². The van der Waals surface area contributed by atoms with E-state index in [-0.39, 0.29) is 6.03 Å². The standard InChI is InChI=1S/C20H29N3O2/c1-15-13-23(14-19(15)22-9-11-25-12-10-22)20(24)21-18-7-5-17(6-8-18)16-3-2-4-16/h5-8,15-16,19H,2-4,9-14H2,1H3,(H,21,24)/t15-,19+/m1/s1. The lowest BCUT2D eigenvalue weighted by atomic mass is 9.80. The first-order valence-corrected chi connectivity index (χ1v) is 9.68. The van der Waals surface area contributed by atoms with Crippen LogP contribution in [0.5, 0.6) is 0 Å². The van der Waals surface area contributed by atoms with E-state index >= 15 is 0 Å². The molecule has 136 valence electrons. The van der Waals surface area contributed by atoms with Crippen LogP contribution in [0, 0.1) is 5.92 Å². The van der Waals surface area contributed by atoms with Crippen molar-refractivity contribution >= 4 is 11.7 Å². The lowest BCUT2D eigenvalue weighted by Crippen LogP contribution is -2.47. The minimum absolute atomic E-state index is 0.0269. The average molecular weight is 343 g/mol. The van der Waals surface area contributed by atoms with Crippen molar-refractivity contribution < 1.29 is 9.53 Å². The SMILES string of the molecule is C[C@@H]1CN(C(=O)Nc2ccc(C3CCC3)cc2)C[C@@H]1N1CCOCC1. The normalized spacial score (nSPS) is 28.0. The molecule has 25 heavy (non-hydrogen) atoms. The Morgan fingerprint density at radius 1 is 1.12 bits per heavy atom. The molecule has 1 N–H and O–H groups in total. The molecule has 2 aliphatic heterocycles. The average Bonchev–Trinajstić information content (AvgIpc) is 2.98. The number of ether oxygens (including phenoxy) is 1. The molecule has 0 aromatic heterocycles. The molecule has 2 atom stereocenters. The lowest BCUT2D eigenvalue weighted by molar-refractivity contribution is 0.0123. The van der Waals surface area contributed by atoms with Gasteiger partial charge in [0.2, 0.25) is 0 Å². The maximum Gasteiger partial charge on any atom is 0.321 e. The molecule has 3 fully saturated rings. The maximum atomic E-state index is 12.6. The number of hydrogen-bond donors (Lipinski definition) is 1. The number of benzene rings is 1. The van der Waals surface area contributed by atoms with Crippen LogP contribution in [0.1, 0.15) is 37.7 Å². The Morgan fingerprint density at radius 2 is 1.84 bits per heavy atom. The van der Waals surface area contributed by atoms with Gasteiger partial charge >= 0.3 is 6.03 Å². The predicted octanol–water partition coefficient (Wildman–Crippen LogP) is 3.14. The fourth-order valence-corrected chi connectivity index (χ4v) is 4.28. The quantitative estimate of drug-likeness (QED) is 0.917. The van der Waals surface area contributed by atoms with Crippen LogP contribution < -0.4 is 5.32 Å². The Bertz CT molecular complexity index is 593. The van der Waals surface area contributed by atoms with Gasteiger partial charge in [-0.3, -0.25) is 4.90 Å². The maximum absolute atomic E-state index is 12.6. The number of nitrogens with one attached hydrogen (secondary N) is 1. The largest absolute Gasteiger partial charge is 0.379 e. The molecule has 0 radical (unpaired) electrons. The van der Waals surface area contributed by atoms with Crippen LogP contribution in [0.2, 0.25) is 0 Å². The Morgan fingerprint density at radius 3 is 2.48 bits per heavy atom. The first kappa shape index (κ1) is 16.9. The summed E-state index contributed by atoms with van der Waals surface area (Å²) in [6.07, 6.45) is 3.96. The molecule has 0 bridgehead atoms. The molecule has 5 heteroatoms. The summed E-state index contributed by atoms with van der Waals surface area (Å²) in [4.78, 5) is 17.1. The van der Waals surface area contributed by atoms with Gasteiger partial charge in [-0.05, 0) is 42.4 Å². The highest BCUT2D eigenvalue weighted by atomic mass is 16.5. The van der Waals surface area contributed by atoms with Gasteiger partial charge in [0.25, 0.3) is 0 Å². The van der Waals surface area contributed by atoms with Gasteiger partial charge in [-0.1, -0.05) is 25.5 Å². The molecule has 3 aliphatic rings. The third-order valence-electron chi connectivity index (χ3n) is 6.11. The first-order valence-electron chi connectivity index (χ1n) is 9.68. The predicted molar refractivity (Wildman–Crippen MR) is 99.0 cm³/mol. The van der Waals surface area contributed by atoms with Crippen LogP contribution in [0.3, 0.4) is 0 Å². The number of morpholine rings is 1. The zero-order chi connectivity index (χ0) is 17.2. The summed E-state index contributed by atoms with van der Waals surface area (Å²) in [6.45, 7) is 7.47. The van der Waals surface area contributed by atoms with E-state index in [0.29, 0.717) is 12.0 Å². The van der Waals surface area contributed by atoms with Gasteiger partial charge < -0.3 is 15.0 Å². The van der Waals surface area contributed by atoms with Crippen LogP contribution in [-0.4, -0.2) is 61.3 Å². The molecule has 2 amide bonds. The fourth-order valence-electron chi connectivity index (χ4n) is 4.28. The topological polar surface area (TPSA) is 44.8 Å². The first-order chi connectivity index (χ1) is 12.2. The minimum atomic E-state index is 0.0269. The molecule has 2 saturated heterocycles. The van der Waals surface area contributed by atoms with Gasteiger partial charge in [-0.25, -0.2) is 4.79 Å². The Balaban J connectivity index is 1.33. The summed E-state index contributed by atoms with van der Waals surface area (Å²) in [6, 6.07) is 8.91. The van der Waals surface area contributed by atoms with E-state index in [4.69, 9.17) is 4.74 Å². The van der Waals surface area contributed by atoms with Crippen molar-refractivity contribution in [1.82, 2.24) is 9.80 Å². The van der Waals surface area contributed by atoms with Crippen molar-refractivity contribution in [3.8, 4) is 0 Å². The Labute approximate surface area is 150 Å². The number of rotatable bonds is 3. The summed E-state index contributed by atoms with van der Waals surface area (Å²) in [5.41, 5.74) is 2.31. The number of anilines is 1. The van der Waals surface area contributed by atoms with Crippen molar-refractivity contribution in [2.75, 3.05) is 44.7 Å². The molecule has 1 aromatic rings. The van der Waals surface area contributed by atoms with Crippen molar-refractivity contribution in [2.45, 2.75) is 38.1 Å². The minimum Gasteiger partial charge on any atom is -0.379 e. The van der Waals surface area contributed by atoms with Crippen molar-refractivity contribution in [1.29, 1.82) is 0 Å². The van der Waals surface area contributed by atoms with Crippen molar-refractivity contribution in [2.24, 2.45) is 5.92 Å². The number of amides is 2. The molecule has 5 nitrogen and oxygen atoms in total. The van der Waals surface area contributed by atoms with E-state index in [0.717, 1.165) is 51.0 Å². The molecule has 0 unspecified atom stereocenters. The van der Waals surface area contributed by atoms with Gasteiger partial charge in [-0.2, -0.15) is 0 Å². The van der Waals surface area contributed by atoms with Crippen LogP contribution in [-0.2, 0) is 4.74 Å². The van der Waals surface area contributed by atoms with E-state index < -0.39 is 0 Å². The van der Waals surface area contributed by atoms with E-state index in [1.165, 1.54) is 24.8 Å². The van der Waals surface area contributed by atoms with E-state index in [9.17, 15) is 4.79 Å². The van der Waals surface area contributed by atoms with Gasteiger partial charge in [0.1, 0.15) is 0 Å². The summed E-state index contributed by atoms with van der Waals surface area (Å²) < 4.78 is 5.45. The van der Waals surface area contributed by atoms with E-state index in [1.807, 2.05) is 17.0 Å². The third-order valence-corrected chi connectivity index (χ3v) is 6.11. The van der Waals surface area contributed by atoms with Gasteiger partial charge in [-0.15, -0.1) is 0 Å². The van der Waals surface area contributed by atoms with Crippen molar-refractivity contribution in [3.05, 3.63) is 29.8 Å². The molecule has 1 aromatic carbocycles. The number of hydrogen-bond acceptors (Lipinski definition) is 3. The van der Waals surface area contributed by atoms with Gasteiger partial charge in [0.05, 0.1) is 13.2 Å². The smallest absolute Gasteiger partial charge is 0.321 e. The monoisotopic (exact) mass is 343 g/mol. The highest BCUT2D eigenvalue weighted by molar-refractivity contribution is 5.89. The molecule has 1 aliphatic carbocycles. The fraction of sp³-hybridized carbons (Fsp3) is 0.650. The highest BCUT2D eigenvalue weighted by Gasteiger charge is 2.36. The Hall–Kier alpha value is -1.59. The molecular formula is C20H29N3O2. The number of nitrogens with zero attached hydrogens (tertiary/aromatic N) is 2. The van der Waals surface area contributed by atoms with Crippen LogP contribution in [0.15, 0.2) is 24.3 Å². The number of urea groups is 1. The van der Waals surface area contributed by atoms with Crippen LogP contribution >= 0.6 is 0 Å². The molecule has 1 saturated carbocycles. The Kier molecular flexibility index (Phi) is 4.95. The number of carbonyl (C=O) groups is 1. The van der Waals surface area contributed by atoms with Gasteiger partial charge in [0, 0.05) is 37.9 Å². The van der Waals surface area contributed by atoms with Crippen molar-refractivity contribution in [3.63, 3.8) is 0 Å². The lowest BCUT2D eigenvalue weighted by Gasteiger charge is -2.33. The summed E-state index contributed by atoms with van der Waals surface area (Å²) in [7, 11) is 0. The highest BCUT2D eigenvalue weighted by Crippen LogP contribution is 2.36. The van der Waals surface area contributed by atoms with Gasteiger partial charge in [0.15, 0.2) is 0 Å². The summed E-state index contributed by atoms with van der Waals surface area (Å²) in [5.74, 6) is 1.24. The molecule has 0 spiro atoms. The zero-order valence-corrected chi connectivity index (χ0v) is 15.1.